The van der Waals surface area contributed by atoms with Crippen LogP contribution in [0.5, 0.6) is 5.75 Å². The number of aromatic nitrogens is 1. The smallest absolute Gasteiger partial charge is 0.197 e. The zero-order chi connectivity index (χ0) is 12.3. The summed E-state index contributed by atoms with van der Waals surface area (Å²) in [5.41, 5.74) is 6.91. The molecule has 0 spiro atoms. The molecular formula is C12H15N3OS. The van der Waals surface area contributed by atoms with E-state index in [4.69, 9.17) is 10.5 Å². The van der Waals surface area contributed by atoms with Crippen LogP contribution in [0.3, 0.4) is 0 Å². The first kappa shape index (κ1) is 11.7. The molecule has 1 aromatic heterocycles. The minimum Gasteiger partial charge on any atom is -0.490 e. The number of nitrogen functional groups attached to an aromatic ring is 1. The average molecular weight is 249 g/mol. The number of hydrogen-bond donors (Lipinski definition) is 2. The fourth-order valence-electron chi connectivity index (χ4n) is 1.60. The fourth-order valence-corrected chi connectivity index (χ4v) is 2.38. The Labute approximate surface area is 105 Å². The average Bonchev–Trinajstić information content (AvgIpc) is 2.71. The van der Waals surface area contributed by atoms with Gasteiger partial charge in [-0.1, -0.05) is 30.3 Å². The summed E-state index contributed by atoms with van der Waals surface area (Å²) in [6, 6.07) is 10.4. The summed E-state index contributed by atoms with van der Waals surface area (Å²) in [5.74, 6) is 1.05. The van der Waals surface area contributed by atoms with Gasteiger partial charge in [-0.25, -0.2) is 0 Å². The zero-order valence-corrected chi connectivity index (χ0v) is 10.6. The van der Waals surface area contributed by atoms with Crippen LogP contribution in [0.1, 0.15) is 18.5 Å². The van der Waals surface area contributed by atoms with E-state index in [0.717, 1.165) is 5.00 Å². The first-order valence-corrected chi connectivity index (χ1v) is 6.10. The molecule has 0 saturated carbocycles. The number of nitrogens with zero attached hydrogens (tertiary/aromatic N) is 1. The Bertz CT molecular complexity index is 484. The predicted octanol–water partition coefficient (Wildman–Crippen LogP) is 2.91. The Morgan fingerprint density at radius 1 is 1.35 bits per heavy atom. The SMILES string of the molecule is COc1c(N)nsc1NC(C)c1ccccc1. The number of nitrogens with one attached hydrogen (secondary N) is 1. The van der Waals surface area contributed by atoms with Crippen molar-refractivity contribution < 1.29 is 4.74 Å². The van der Waals surface area contributed by atoms with Crippen LogP contribution in [0.2, 0.25) is 0 Å². The standard InChI is InChI=1S/C12H15N3OS/c1-8(9-6-4-3-5-7-9)14-12-10(16-2)11(13)15-17-12/h3-8,14H,1-2H3,(H2,13,15). The highest BCUT2D eigenvalue weighted by molar-refractivity contribution is 7.11. The first-order chi connectivity index (χ1) is 8.22. The van der Waals surface area contributed by atoms with Crippen molar-refractivity contribution in [1.29, 1.82) is 0 Å². The molecule has 0 fully saturated rings. The summed E-state index contributed by atoms with van der Waals surface area (Å²) in [5, 5.41) is 4.21. The highest BCUT2D eigenvalue weighted by Gasteiger charge is 2.14. The fraction of sp³-hybridized carbons (Fsp3) is 0.250. The van der Waals surface area contributed by atoms with Crippen LogP contribution in [-0.2, 0) is 0 Å². The Morgan fingerprint density at radius 3 is 2.71 bits per heavy atom. The molecule has 17 heavy (non-hydrogen) atoms. The van der Waals surface area contributed by atoms with Gasteiger partial charge in [-0.05, 0) is 24.0 Å². The molecule has 0 bridgehead atoms. The lowest BCUT2D eigenvalue weighted by molar-refractivity contribution is 0.419. The van der Waals surface area contributed by atoms with Crippen molar-refractivity contribution in [2.24, 2.45) is 0 Å². The second kappa shape index (κ2) is 5.05. The van der Waals surface area contributed by atoms with Crippen molar-refractivity contribution >= 4 is 22.4 Å². The Hall–Kier alpha value is -1.75. The molecule has 0 aliphatic rings. The van der Waals surface area contributed by atoms with Gasteiger partial charge in [-0.15, -0.1) is 0 Å². The van der Waals surface area contributed by atoms with E-state index in [-0.39, 0.29) is 6.04 Å². The maximum absolute atomic E-state index is 5.70. The molecule has 3 N–H and O–H groups in total. The third-order valence-electron chi connectivity index (χ3n) is 2.53. The van der Waals surface area contributed by atoms with Gasteiger partial charge in [0.25, 0.3) is 0 Å². The summed E-state index contributed by atoms with van der Waals surface area (Å²) in [6.45, 7) is 2.09. The van der Waals surface area contributed by atoms with Gasteiger partial charge >= 0.3 is 0 Å². The summed E-state index contributed by atoms with van der Waals surface area (Å²) < 4.78 is 9.28. The van der Waals surface area contributed by atoms with Crippen LogP contribution in [-0.4, -0.2) is 11.5 Å². The van der Waals surface area contributed by atoms with E-state index in [2.05, 4.69) is 28.7 Å². The summed E-state index contributed by atoms with van der Waals surface area (Å²) in [6.07, 6.45) is 0. The zero-order valence-electron chi connectivity index (χ0n) is 9.81. The third-order valence-corrected chi connectivity index (χ3v) is 3.30. The van der Waals surface area contributed by atoms with Crippen LogP contribution >= 0.6 is 11.5 Å². The number of rotatable bonds is 4. The second-order valence-electron chi connectivity index (χ2n) is 3.71. The van der Waals surface area contributed by atoms with E-state index in [1.807, 2.05) is 18.2 Å². The predicted molar refractivity (Wildman–Crippen MR) is 71.6 cm³/mol. The Balaban J connectivity index is 2.16. The molecule has 1 atom stereocenters. The van der Waals surface area contributed by atoms with Crippen LogP contribution < -0.4 is 15.8 Å². The largest absolute Gasteiger partial charge is 0.490 e. The molecule has 0 aliphatic heterocycles. The summed E-state index contributed by atoms with van der Waals surface area (Å²) in [7, 11) is 1.60. The lowest BCUT2D eigenvalue weighted by Crippen LogP contribution is -2.06. The molecule has 0 saturated heterocycles. The van der Waals surface area contributed by atoms with E-state index >= 15 is 0 Å². The number of ether oxygens (including phenoxy) is 1. The van der Waals surface area contributed by atoms with Crippen molar-refractivity contribution in [3.63, 3.8) is 0 Å². The summed E-state index contributed by atoms with van der Waals surface area (Å²) >= 11 is 1.31. The van der Waals surface area contributed by atoms with E-state index in [9.17, 15) is 0 Å². The third kappa shape index (κ3) is 2.50. The molecule has 1 aromatic carbocycles. The van der Waals surface area contributed by atoms with Crippen molar-refractivity contribution in [2.75, 3.05) is 18.2 Å². The minimum absolute atomic E-state index is 0.185. The molecule has 1 heterocycles. The number of methoxy groups -OCH3 is 1. The molecule has 2 aromatic rings. The highest BCUT2D eigenvalue weighted by atomic mass is 32.1. The van der Waals surface area contributed by atoms with Gasteiger partial charge in [-0.3, -0.25) is 0 Å². The first-order valence-electron chi connectivity index (χ1n) is 5.33. The van der Waals surface area contributed by atoms with Crippen LogP contribution in [0, 0.1) is 0 Å². The molecule has 0 amide bonds. The van der Waals surface area contributed by atoms with Crippen molar-refractivity contribution in [1.82, 2.24) is 4.37 Å². The monoisotopic (exact) mass is 249 g/mol. The van der Waals surface area contributed by atoms with Crippen LogP contribution in [0.25, 0.3) is 0 Å². The van der Waals surface area contributed by atoms with Crippen molar-refractivity contribution in [2.45, 2.75) is 13.0 Å². The maximum Gasteiger partial charge on any atom is 0.197 e. The van der Waals surface area contributed by atoms with E-state index in [1.165, 1.54) is 17.1 Å². The van der Waals surface area contributed by atoms with Crippen LogP contribution in [0.15, 0.2) is 30.3 Å². The van der Waals surface area contributed by atoms with E-state index < -0.39 is 0 Å². The minimum atomic E-state index is 0.185. The van der Waals surface area contributed by atoms with Gasteiger partial charge in [0.15, 0.2) is 16.6 Å². The van der Waals surface area contributed by atoms with Crippen molar-refractivity contribution in [3.8, 4) is 5.75 Å². The molecule has 0 radical (unpaired) electrons. The molecule has 2 rings (SSSR count). The topological polar surface area (TPSA) is 60.2 Å². The van der Waals surface area contributed by atoms with Crippen molar-refractivity contribution in [3.05, 3.63) is 35.9 Å². The summed E-state index contributed by atoms with van der Waals surface area (Å²) in [4.78, 5) is 0. The quantitative estimate of drug-likeness (QED) is 0.874. The lowest BCUT2D eigenvalue weighted by Gasteiger charge is -2.14. The highest BCUT2D eigenvalue weighted by Crippen LogP contribution is 2.36. The molecule has 4 nitrogen and oxygen atoms in total. The molecule has 90 valence electrons. The Morgan fingerprint density at radius 2 is 2.06 bits per heavy atom. The van der Waals surface area contributed by atoms with Gasteiger partial charge in [0.2, 0.25) is 0 Å². The maximum atomic E-state index is 5.70. The molecule has 0 aliphatic carbocycles. The number of nitrogens with two attached hydrogens (primary N) is 1. The molecule has 5 heteroatoms. The molecule has 1 unspecified atom stereocenters. The van der Waals surface area contributed by atoms with Gasteiger partial charge in [-0.2, -0.15) is 4.37 Å². The number of hydrogen-bond acceptors (Lipinski definition) is 5. The Kier molecular flexibility index (Phi) is 3.49. The van der Waals surface area contributed by atoms with E-state index in [0.29, 0.717) is 11.6 Å². The van der Waals surface area contributed by atoms with Crippen LogP contribution in [0.4, 0.5) is 10.8 Å². The normalized spacial score (nSPS) is 12.1. The van der Waals surface area contributed by atoms with E-state index in [1.54, 1.807) is 7.11 Å². The van der Waals surface area contributed by atoms with Gasteiger partial charge in [0, 0.05) is 6.04 Å². The number of anilines is 2. The van der Waals surface area contributed by atoms with Gasteiger partial charge in [0.1, 0.15) is 0 Å². The lowest BCUT2D eigenvalue weighted by atomic mass is 10.1. The van der Waals surface area contributed by atoms with Gasteiger partial charge < -0.3 is 15.8 Å². The molecular weight excluding hydrogens is 234 g/mol. The number of benzene rings is 1. The van der Waals surface area contributed by atoms with Gasteiger partial charge in [0.05, 0.1) is 7.11 Å². The second-order valence-corrected chi connectivity index (χ2v) is 4.48.